The third-order valence-corrected chi connectivity index (χ3v) is 5.40. The first kappa shape index (κ1) is 15.4. The molecular weight excluding hydrogens is 292 g/mol. The van der Waals surface area contributed by atoms with Gasteiger partial charge in [0.1, 0.15) is 5.37 Å². The van der Waals surface area contributed by atoms with Crippen LogP contribution >= 0.6 is 23.1 Å². The zero-order valence-corrected chi connectivity index (χ0v) is 13.5. The number of rotatable bonds is 6. The maximum atomic E-state index is 12.0. The van der Waals surface area contributed by atoms with Crippen LogP contribution in [0.2, 0.25) is 0 Å². The van der Waals surface area contributed by atoms with Crippen LogP contribution in [0.1, 0.15) is 31.2 Å². The van der Waals surface area contributed by atoms with Crippen LogP contribution in [0.15, 0.2) is 16.8 Å². The van der Waals surface area contributed by atoms with E-state index in [1.54, 1.807) is 23.1 Å². The molecule has 0 bridgehead atoms. The van der Waals surface area contributed by atoms with Gasteiger partial charge in [0.2, 0.25) is 11.8 Å². The summed E-state index contributed by atoms with van der Waals surface area (Å²) in [7, 11) is 0. The van der Waals surface area contributed by atoms with Crippen LogP contribution in [0, 0.1) is 0 Å². The van der Waals surface area contributed by atoms with Gasteiger partial charge in [0.15, 0.2) is 0 Å². The van der Waals surface area contributed by atoms with Crippen molar-refractivity contribution in [3.05, 3.63) is 22.4 Å². The smallest absolute Gasteiger partial charge is 0.233 e. The molecule has 1 aliphatic heterocycles. The molecule has 2 rings (SSSR count). The second-order valence-electron chi connectivity index (χ2n) is 4.63. The van der Waals surface area contributed by atoms with Gasteiger partial charge in [0.05, 0.1) is 5.75 Å². The molecule has 6 heteroatoms. The van der Waals surface area contributed by atoms with Crippen molar-refractivity contribution in [1.82, 2.24) is 9.80 Å². The second-order valence-corrected chi connectivity index (χ2v) is 6.48. The Morgan fingerprint density at radius 1 is 1.50 bits per heavy atom. The van der Waals surface area contributed by atoms with E-state index in [0.717, 1.165) is 0 Å². The Hall–Kier alpha value is -1.01. The van der Waals surface area contributed by atoms with Gasteiger partial charge in [-0.3, -0.25) is 9.59 Å². The van der Waals surface area contributed by atoms with Gasteiger partial charge in [-0.1, -0.05) is 6.92 Å². The molecular formula is C14H20N2O2S2. The number of thioether (sulfide) groups is 1. The van der Waals surface area contributed by atoms with Crippen LogP contribution in [0.25, 0.3) is 0 Å². The Bertz CT molecular complexity index is 462. The van der Waals surface area contributed by atoms with Crippen molar-refractivity contribution in [3.63, 3.8) is 0 Å². The zero-order chi connectivity index (χ0) is 14.5. The number of carbonyl (C=O) groups excluding carboxylic acids is 2. The van der Waals surface area contributed by atoms with Crippen LogP contribution in [0.4, 0.5) is 0 Å². The molecule has 2 heterocycles. The minimum Gasteiger partial charge on any atom is -0.341 e. The highest BCUT2D eigenvalue weighted by atomic mass is 32.2. The van der Waals surface area contributed by atoms with E-state index in [1.807, 2.05) is 29.0 Å². The highest BCUT2D eigenvalue weighted by molar-refractivity contribution is 8.00. The van der Waals surface area contributed by atoms with E-state index in [-0.39, 0.29) is 17.2 Å². The number of hydrogen-bond donors (Lipinski definition) is 0. The van der Waals surface area contributed by atoms with E-state index in [4.69, 9.17) is 0 Å². The van der Waals surface area contributed by atoms with E-state index in [0.29, 0.717) is 31.8 Å². The first-order valence-corrected chi connectivity index (χ1v) is 8.87. The minimum atomic E-state index is 0.115. The molecule has 1 aliphatic rings. The molecule has 0 radical (unpaired) electrons. The summed E-state index contributed by atoms with van der Waals surface area (Å²) in [6, 6.07) is 2.07. The van der Waals surface area contributed by atoms with Crippen molar-refractivity contribution < 1.29 is 9.59 Å². The Kier molecular flexibility index (Phi) is 5.48. The van der Waals surface area contributed by atoms with E-state index in [2.05, 4.69) is 11.4 Å². The molecule has 0 saturated carbocycles. The Balaban J connectivity index is 1.99. The molecule has 0 aromatic carbocycles. The summed E-state index contributed by atoms with van der Waals surface area (Å²) in [6.45, 7) is 5.79. The summed E-state index contributed by atoms with van der Waals surface area (Å²) in [4.78, 5) is 27.5. The molecule has 110 valence electrons. The van der Waals surface area contributed by atoms with Crippen molar-refractivity contribution in [3.8, 4) is 0 Å². The van der Waals surface area contributed by atoms with Gasteiger partial charge in [-0.15, -0.1) is 11.8 Å². The maximum Gasteiger partial charge on any atom is 0.233 e. The lowest BCUT2D eigenvalue weighted by Crippen LogP contribution is -2.39. The molecule has 20 heavy (non-hydrogen) atoms. The van der Waals surface area contributed by atoms with Crippen LogP contribution in [-0.2, 0) is 9.59 Å². The number of carbonyl (C=O) groups is 2. The van der Waals surface area contributed by atoms with Crippen LogP contribution in [0.5, 0.6) is 0 Å². The van der Waals surface area contributed by atoms with E-state index in [1.165, 1.54) is 5.56 Å². The van der Waals surface area contributed by atoms with E-state index >= 15 is 0 Å². The number of hydrogen-bond acceptors (Lipinski definition) is 4. The molecule has 0 unspecified atom stereocenters. The van der Waals surface area contributed by atoms with Crippen molar-refractivity contribution in [2.45, 2.75) is 25.6 Å². The molecule has 0 spiro atoms. The molecule has 1 atom stereocenters. The maximum absolute atomic E-state index is 12.0. The van der Waals surface area contributed by atoms with Gasteiger partial charge in [0, 0.05) is 26.1 Å². The minimum absolute atomic E-state index is 0.115. The fourth-order valence-corrected chi connectivity index (χ4v) is 4.27. The van der Waals surface area contributed by atoms with Gasteiger partial charge < -0.3 is 9.80 Å². The molecule has 2 amide bonds. The topological polar surface area (TPSA) is 40.6 Å². The summed E-state index contributed by atoms with van der Waals surface area (Å²) in [5, 5.41) is 4.25. The SMILES string of the molecule is CCC(=O)N(CC)CCN1C(=O)CS[C@H]1c1ccsc1. The fourth-order valence-electron chi connectivity index (χ4n) is 2.30. The Labute approximate surface area is 128 Å². The van der Waals surface area contributed by atoms with Crippen molar-refractivity contribution in [1.29, 1.82) is 0 Å². The summed E-state index contributed by atoms with van der Waals surface area (Å²) < 4.78 is 0. The average molecular weight is 312 g/mol. The number of nitrogens with zero attached hydrogens (tertiary/aromatic N) is 2. The first-order chi connectivity index (χ1) is 9.67. The normalized spacial score (nSPS) is 18.6. The average Bonchev–Trinajstić information content (AvgIpc) is 3.09. The van der Waals surface area contributed by atoms with E-state index in [9.17, 15) is 9.59 Å². The van der Waals surface area contributed by atoms with Crippen LogP contribution in [0.3, 0.4) is 0 Å². The van der Waals surface area contributed by atoms with Gasteiger partial charge in [-0.25, -0.2) is 0 Å². The van der Waals surface area contributed by atoms with E-state index < -0.39 is 0 Å². The molecule has 0 aliphatic carbocycles. The van der Waals surface area contributed by atoms with Gasteiger partial charge >= 0.3 is 0 Å². The number of amides is 2. The predicted octanol–water partition coefficient (Wildman–Crippen LogP) is 2.58. The summed E-state index contributed by atoms with van der Waals surface area (Å²) in [5.41, 5.74) is 1.19. The Morgan fingerprint density at radius 3 is 2.90 bits per heavy atom. The zero-order valence-electron chi connectivity index (χ0n) is 11.9. The van der Waals surface area contributed by atoms with Crippen molar-refractivity contribution >= 4 is 34.9 Å². The standard InChI is InChI=1S/C14H20N2O2S2/c1-3-12(17)15(4-2)6-7-16-13(18)10-20-14(16)11-5-8-19-9-11/h5,8-9,14H,3-4,6-7,10H2,1-2H3/t14-/m0/s1. The highest BCUT2D eigenvalue weighted by Gasteiger charge is 2.33. The Morgan fingerprint density at radius 2 is 2.30 bits per heavy atom. The third kappa shape index (κ3) is 3.35. The molecule has 1 fully saturated rings. The lowest BCUT2D eigenvalue weighted by atomic mass is 10.3. The highest BCUT2D eigenvalue weighted by Crippen LogP contribution is 2.39. The molecule has 0 N–H and O–H groups in total. The largest absolute Gasteiger partial charge is 0.341 e. The number of thiophene rings is 1. The summed E-state index contributed by atoms with van der Waals surface area (Å²) >= 11 is 3.32. The van der Waals surface area contributed by atoms with Gasteiger partial charge in [-0.2, -0.15) is 11.3 Å². The lowest BCUT2D eigenvalue weighted by Gasteiger charge is -2.27. The van der Waals surface area contributed by atoms with Crippen LogP contribution < -0.4 is 0 Å². The molecule has 1 aromatic heterocycles. The van der Waals surface area contributed by atoms with Crippen LogP contribution in [-0.4, -0.2) is 47.0 Å². The number of likely N-dealkylation sites (N-methyl/N-ethyl adjacent to an activating group) is 1. The van der Waals surface area contributed by atoms with Gasteiger partial charge in [-0.05, 0) is 29.3 Å². The monoisotopic (exact) mass is 312 g/mol. The quantitative estimate of drug-likeness (QED) is 0.810. The van der Waals surface area contributed by atoms with Crippen molar-refractivity contribution in [2.24, 2.45) is 0 Å². The molecule has 1 saturated heterocycles. The summed E-state index contributed by atoms with van der Waals surface area (Å²) in [6.07, 6.45) is 0.518. The van der Waals surface area contributed by atoms with Gasteiger partial charge in [0.25, 0.3) is 0 Å². The summed E-state index contributed by atoms with van der Waals surface area (Å²) in [5.74, 6) is 0.860. The lowest BCUT2D eigenvalue weighted by molar-refractivity contribution is -0.133. The fraction of sp³-hybridized carbons (Fsp3) is 0.571. The predicted molar refractivity (Wildman–Crippen MR) is 83.8 cm³/mol. The third-order valence-electron chi connectivity index (χ3n) is 3.44. The first-order valence-electron chi connectivity index (χ1n) is 6.88. The molecule has 4 nitrogen and oxygen atoms in total. The van der Waals surface area contributed by atoms with Crippen molar-refractivity contribution in [2.75, 3.05) is 25.4 Å². The second kappa shape index (κ2) is 7.13. The molecule has 1 aromatic rings.